The van der Waals surface area contributed by atoms with E-state index in [-0.39, 0.29) is 6.04 Å². The zero-order valence-electron chi connectivity index (χ0n) is 9.87. The first-order valence-electron chi connectivity index (χ1n) is 5.20. The molecule has 1 atom stereocenters. The smallest absolute Gasteiger partial charge is 0.157 e. The predicted octanol–water partition coefficient (Wildman–Crippen LogP) is 3.16. The molecule has 16 heavy (non-hydrogen) atoms. The van der Waals surface area contributed by atoms with Gasteiger partial charge in [0.2, 0.25) is 0 Å². The summed E-state index contributed by atoms with van der Waals surface area (Å²) in [6, 6.07) is 2.46. The second kappa shape index (κ2) is 4.61. The minimum Gasteiger partial charge on any atom is -0.311 e. The van der Waals surface area contributed by atoms with Crippen LogP contribution in [0.3, 0.4) is 0 Å². The predicted molar refractivity (Wildman–Crippen MR) is 70.2 cm³/mol. The van der Waals surface area contributed by atoms with Gasteiger partial charge in [-0.2, -0.15) is 0 Å². The lowest BCUT2D eigenvalue weighted by Gasteiger charge is -2.02. The molecule has 0 aliphatic carbocycles. The Morgan fingerprint density at radius 1 is 1.25 bits per heavy atom. The molecule has 0 spiro atoms. The highest BCUT2D eigenvalue weighted by Crippen LogP contribution is 2.33. The first-order valence-corrected chi connectivity index (χ1v) is 6.83. The van der Waals surface area contributed by atoms with Crippen molar-refractivity contribution in [3.8, 4) is 9.88 Å². The normalized spacial score (nSPS) is 13.0. The van der Waals surface area contributed by atoms with Crippen molar-refractivity contribution in [2.45, 2.75) is 26.8 Å². The fourth-order valence-electron chi connectivity index (χ4n) is 1.31. The number of hydrogen-bond donors (Lipinski definition) is 1. The Bertz CT molecular complexity index is 468. The van der Waals surface area contributed by atoms with E-state index in [4.69, 9.17) is 0 Å². The van der Waals surface area contributed by atoms with Gasteiger partial charge in [-0.25, -0.2) is 0 Å². The van der Waals surface area contributed by atoms with Crippen LogP contribution in [-0.2, 0) is 0 Å². The molecule has 0 aromatic carbocycles. The van der Waals surface area contributed by atoms with Gasteiger partial charge in [-0.05, 0) is 39.4 Å². The van der Waals surface area contributed by atoms with Crippen molar-refractivity contribution in [1.82, 2.24) is 15.5 Å². The number of aryl methyl sites for hydroxylation is 2. The van der Waals surface area contributed by atoms with Gasteiger partial charge in [0.15, 0.2) is 5.01 Å². The summed E-state index contributed by atoms with van der Waals surface area (Å²) in [5.74, 6) is 0. The van der Waals surface area contributed by atoms with E-state index < -0.39 is 0 Å². The van der Waals surface area contributed by atoms with E-state index in [1.54, 1.807) is 22.7 Å². The molecular weight excluding hydrogens is 238 g/mol. The van der Waals surface area contributed by atoms with E-state index >= 15 is 0 Å². The second-order valence-electron chi connectivity index (χ2n) is 3.81. The third-order valence-corrected chi connectivity index (χ3v) is 5.05. The molecule has 1 unspecified atom stereocenters. The molecule has 0 saturated heterocycles. The maximum Gasteiger partial charge on any atom is 0.157 e. The topological polar surface area (TPSA) is 37.8 Å². The first kappa shape index (κ1) is 11.7. The van der Waals surface area contributed by atoms with E-state index in [0.717, 1.165) is 10.0 Å². The molecule has 3 nitrogen and oxygen atoms in total. The summed E-state index contributed by atoms with van der Waals surface area (Å²) in [5, 5.41) is 13.7. The van der Waals surface area contributed by atoms with E-state index in [1.165, 1.54) is 15.3 Å². The molecule has 0 amide bonds. The molecule has 0 aliphatic rings. The summed E-state index contributed by atoms with van der Waals surface area (Å²) in [6.45, 7) is 6.37. The summed E-state index contributed by atoms with van der Waals surface area (Å²) in [7, 11) is 1.94. The van der Waals surface area contributed by atoms with Crippen LogP contribution < -0.4 is 5.32 Å². The number of thiophene rings is 1. The summed E-state index contributed by atoms with van der Waals surface area (Å²) in [4.78, 5) is 2.58. The Balaban J connectivity index is 2.31. The average molecular weight is 253 g/mol. The molecule has 0 saturated carbocycles. The van der Waals surface area contributed by atoms with E-state index in [9.17, 15) is 0 Å². The van der Waals surface area contributed by atoms with Crippen LogP contribution in [0.2, 0.25) is 0 Å². The van der Waals surface area contributed by atoms with Gasteiger partial charge in [-0.15, -0.1) is 21.5 Å². The quantitative estimate of drug-likeness (QED) is 0.913. The van der Waals surface area contributed by atoms with Crippen LogP contribution in [0.15, 0.2) is 6.07 Å². The molecule has 0 fully saturated rings. The first-order chi connectivity index (χ1) is 7.61. The third kappa shape index (κ3) is 2.16. The highest BCUT2D eigenvalue weighted by atomic mass is 32.1. The summed E-state index contributed by atoms with van der Waals surface area (Å²) >= 11 is 3.45. The zero-order chi connectivity index (χ0) is 11.7. The Kier molecular flexibility index (Phi) is 3.37. The number of rotatable bonds is 3. The SMILES string of the molecule is CNC(C)c1nnc(-c2cc(C)c(C)s2)s1. The van der Waals surface area contributed by atoms with Gasteiger partial charge in [0.25, 0.3) is 0 Å². The maximum absolute atomic E-state index is 4.25. The Hall–Kier alpha value is -0.780. The highest BCUT2D eigenvalue weighted by molar-refractivity contribution is 7.21. The molecule has 5 heteroatoms. The number of aromatic nitrogens is 2. The maximum atomic E-state index is 4.25. The molecule has 2 heterocycles. The zero-order valence-corrected chi connectivity index (χ0v) is 11.5. The Morgan fingerprint density at radius 2 is 2.00 bits per heavy atom. The van der Waals surface area contributed by atoms with Crippen LogP contribution in [0.25, 0.3) is 9.88 Å². The van der Waals surface area contributed by atoms with Crippen LogP contribution in [-0.4, -0.2) is 17.2 Å². The molecule has 0 aliphatic heterocycles. The van der Waals surface area contributed by atoms with Crippen molar-refractivity contribution < 1.29 is 0 Å². The number of nitrogens with zero attached hydrogens (tertiary/aromatic N) is 2. The average Bonchev–Trinajstić information content (AvgIpc) is 2.86. The van der Waals surface area contributed by atoms with Gasteiger partial charge in [-0.1, -0.05) is 11.3 Å². The standard InChI is InChI=1S/C11H15N3S2/c1-6-5-9(15-8(6)3)11-14-13-10(16-11)7(2)12-4/h5,7,12H,1-4H3. The lowest BCUT2D eigenvalue weighted by atomic mass is 10.3. The fraction of sp³-hybridized carbons (Fsp3) is 0.455. The van der Waals surface area contributed by atoms with E-state index in [0.29, 0.717) is 0 Å². The molecule has 1 N–H and O–H groups in total. The Morgan fingerprint density at radius 3 is 2.56 bits per heavy atom. The summed E-state index contributed by atoms with van der Waals surface area (Å²) < 4.78 is 0. The molecule has 0 bridgehead atoms. The lowest BCUT2D eigenvalue weighted by molar-refractivity contribution is 0.640. The van der Waals surface area contributed by atoms with Crippen LogP contribution in [0.1, 0.15) is 28.4 Å². The molecule has 2 aromatic heterocycles. The van der Waals surface area contributed by atoms with Crippen molar-refractivity contribution in [3.05, 3.63) is 21.5 Å². The van der Waals surface area contributed by atoms with Gasteiger partial charge in [-0.3, -0.25) is 0 Å². The molecular formula is C11H15N3S2. The largest absolute Gasteiger partial charge is 0.311 e. The van der Waals surface area contributed by atoms with Crippen LogP contribution >= 0.6 is 22.7 Å². The third-order valence-electron chi connectivity index (χ3n) is 2.62. The van der Waals surface area contributed by atoms with Crippen molar-refractivity contribution in [1.29, 1.82) is 0 Å². The van der Waals surface area contributed by atoms with Gasteiger partial charge in [0.1, 0.15) is 5.01 Å². The minimum atomic E-state index is 0.272. The van der Waals surface area contributed by atoms with Crippen LogP contribution in [0.5, 0.6) is 0 Å². The molecule has 86 valence electrons. The van der Waals surface area contributed by atoms with Crippen molar-refractivity contribution >= 4 is 22.7 Å². The van der Waals surface area contributed by atoms with Gasteiger partial charge in [0, 0.05) is 4.88 Å². The Labute approximate surface area is 104 Å². The number of nitrogens with one attached hydrogen (secondary N) is 1. The van der Waals surface area contributed by atoms with Crippen molar-refractivity contribution in [2.24, 2.45) is 0 Å². The summed E-state index contributed by atoms with van der Waals surface area (Å²) in [5.41, 5.74) is 1.33. The molecule has 0 radical (unpaired) electrons. The van der Waals surface area contributed by atoms with E-state index in [2.05, 4.69) is 42.4 Å². The van der Waals surface area contributed by atoms with Gasteiger partial charge < -0.3 is 5.32 Å². The molecule has 2 rings (SSSR count). The lowest BCUT2D eigenvalue weighted by Crippen LogP contribution is -2.11. The molecule has 2 aromatic rings. The van der Waals surface area contributed by atoms with Gasteiger partial charge >= 0.3 is 0 Å². The van der Waals surface area contributed by atoms with Crippen LogP contribution in [0.4, 0.5) is 0 Å². The van der Waals surface area contributed by atoms with Crippen molar-refractivity contribution in [2.75, 3.05) is 7.05 Å². The van der Waals surface area contributed by atoms with Gasteiger partial charge in [0.05, 0.1) is 10.9 Å². The van der Waals surface area contributed by atoms with Crippen LogP contribution in [0, 0.1) is 13.8 Å². The summed E-state index contributed by atoms with van der Waals surface area (Å²) in [6.07, 6.45) is 0. The van der Waals surface area contributed by atoms with Crippen molar-refractivity contribution in [3.63, 3.8) is 0 Å². The number of hydrogen-bond acceptors (Lipinski definition) is 5. The second-order valence-corrected chi connectivity index (χ2v) is 6.07. The highest BCUT2D eigenvalue weighted by Gasteiger charge is 2.13. The minimum absolute atomic E-state index is 0.272. The fourth-order valence-corrected chi connectivity index (χ4v) is 3.29. The van der Waals surface area contributed by atoms with E-state index in [1.807, 2.05) is 7.05 Å². The monoisotopic (exact) mass is 253 g/mol.